The van der Waals surface area contributed by atoms with Gasteiger partial charge in [0.05, 0.1) is 0 Å². The highest BCUT2D eigenvalue weighted by molar-refractivity contribution is 7.09. The van der Waals surface area contributed by atoms with Crippen molar-refractivity contribution in [3.8, 4) is 0 Å². The van der Waals surface area contributed by atoms with E-state index in [0.29, 0.717) is 0 Å². The topological polar surface area (TPSA) is 33.1 Å². The first-order valence-electron chi connectivity index (χ1n) is 6.44. The number of aliphatic hydroxyl groups excluding tert-OH is 1. The van der Waals surface area contributed by atoms with Gasteiger partial charge >= 0.3 is 0 Å². The molecular weight excluding hydrogens is 242 g/mol. The van der Waals surface area contributed by atoms with E-state index < -0.39 is 6.10 Å². The molecule has 1 aliphatic carbocycles. The van der Waals surface area contributed by atoms with Gasteiger partial charge in [0.25, 0.3) is 0 Å². The molecule has 94 valence electrons. The minimum atomic E-state index is -0.584. The molecular formula is C15H17NOS. The SMILES string of the molecule is Cc1csc(C(O)c2ccc(C3CCC3)cc2)n1. The molecule has 2 aromatic rings. The number of aliphatic hydroxyl groups is 1. The number of nitrogens with zero attached hydrogens (tertiary/aromatic N) is 1. The van der Waals surface area contributed by atoms with Crippen molar-refractivity contribution in [2.45, 2.75) is 38.2 Å². The first-order valence-corrected chi connectivity index (χ1v) is 7.32. The minimum absolute atomic E-state index is 0.584. The Morgan fingerprint density at radius 2 is 2.00 bits per heavy atom. The second-order valence-corrected chi connectivity index (χ2v) is 5.91. The van der Waals surface area contributed by atoms with E-state index in [9.17, 15) is 5.11 Å². The van der Waals surface area contributed by atoms with Crippen LogP contribution in [0.25, 0.3) is 0 Å². The zero-order valence-electron chi connectivity index (χ0n) is 10.5. The summed E-state index contributed by atoms with van der Waals surface area (Å²) in [6.45, 7) is 1.95. The summed E-state index contributed by atoms with van der Waals surface area (Å²) in [6, 6.07) is 8.38. The van der Waals surface area contributed by atoms with E-state index in [4.69, 9.17) is 0 Å². The van der Waals surface area contributed by atoms with Gasteiger partial charge in [-0.3, -0.25) is 0 Å². The van der Waals surface area contributed by atoms with Crippen LogP contribution in [-0.2, 0) is 0 Å². The van der Waals surface area contributed by atoms with Gasteiger partial charge in [-0.1, -0.05) is 30.7 Å². The largest absolute Gasteiger partial charge is 0.381 e. The number of aromatic nitrogens is 1. The van der Waals surface area contributed by atoms with E-state index in [-0.39, 0.29) is 0 Å². The molecule has 1 N–H and O–H groups in total. The molecule has 1 fully saturated rings. The third kappa shape index (κ3) is 2.20. The van der Waals surface area contributed by atoms with Crippen LogP contribution in [0.15, 0.2) is 29.6 Å². The monoisotopic (exact) mass is 259 g/mol. The summed E-state index contributed by atoms with van der Waals surface area (Å²) in [5.41, 5.74) is 3.32. The van der Waals surface area contributed by atoms with Gasteiger partial charge in [-0.25, -0.2) is 4.98 Å². The van der Waals surface area contributed by atoms with Crippen molar-refractivity contribution in [3.05, 3.63) is 51.5 Å². The summed E-state index contributed by atoms with van der Waals surface area (Å²) >= 11 is 1.52. The van der Waals surface area contributed by atoms with Crippen LogP contribution < -0.4 is 0 Å². The first-order chi connectivity index (χ1) is 8.74. The number of hydrogen-bond donors (Lipinski definition) is 1. The number of thiazole rings is 1. The summed E-state index contributed by atoms with van der Waals surface area (Å²) in [4.78, 5) is 4.34. The van der Waals surface area contributed by atoms with Crippen molar-refractivity contribution in [3.63, 3.8) is 0 Å². The molecule has 1 saturated carbocycles. The standard InChI is InChI=1S/C15H17NOS/c1-10-9-18-15(16-10)14(17)13-7-5-12(6-8-13)11-3-2-4-11/h5-9,11,14,17H,2-4H2,1H3. The van der Waals surface area contributed by atoms with Gasteiger partial charge < -0.3 is 5.11 Å². The van der Waals surface area contributed by atoms with Gasteiger partial charge in [-0.2, -0.15) is 0 Å². The Kier molecular flexibility index (Phi) is 3.18. The van der Waals surface area contributed by atoms with E-state index in [1.165, 1.54) is 36.2 Å². The van der Waals surface area contributed by atoms with E-state index in [2.05, 4.69) is 17.1 Å². The fraction of sp³-hybridized carbons (Fsp3) is 0.400. The lowest BCUT2D eigenvalue weighted by atomic mass is 9.80. The van der Waals surface area contributed by atoms with E-state index in [0.717, 1.165) is 22.2 Å². The molecule has 0 radical (unpaired) electrons. The number of aryl methyl sites for hydroxylation is 1. The molecule has 0 amide bonds. The fourth-order valence-electron chi connectivity index (χ4n) is 2.33. The molecule has 3 rings (SSSR count). The van der Waals surface area contributed by atoms with Gasteiger partial charge in [0.2, 0.25) is 0 Å². The van der Waals surface area contributed by atoms with Crippen molar-refractivity contribution in [2.24, 2.45) is 0 Å². The molecule has 0 saturated heterocycles. The molecule has 18 heavy (non-hydrogen) atoms. The van der Waals surface area contributed by atoms with E-state index in [1.807, 2.05) is 24.4 Å². The maximum Gasteiger partial charge on any atom is 0.131 e. The molecule has 0 bridgehead atoms. The minimum Gasteiger partial charge on any atom is -0.381 e. The highest BCUT2D eigenvalue weighted by Gasteiger charge is 2.20. The Balaban J connectivity index is 1.79. The summed E-state index contributed by atoms with van der Waals surface area (Å²) < 4.78 is 0. The number of hydrogen-bond acceptors (Lipinski definition) is 3. The average Bonchev–Trinajstić information content (AvgIpc) is 2.74. The van der Waals surface area contributed by atoms with Gasteiger partial charge in [-0.05, 0) is 36.8 Å². The molecule has 1 heterocycles. The van der Waals surface area contributed by atoms with Crippen LogP contribution in [-0.4, -0.2) is 10.1 Å². The Morgan fingerprint density at radius 3 is 2.50 bits per heavy atom. The van der Waals surface area contributed by atoms with E-state index in [1.54, 1.807) is 0 Å². The van der Waals surface area contributed by atoms with Gasteiger partial charge in [-0.15, -0.1) is 11.3 Å². The second-order valence-electron chi connectivity index (χ2n) is 5.02. The second kappa shape index (κ2) is 4.82. The normalized spacial score (nSPS) is 17.4. The summed E-state index contributed by atoms with van der Waals surface area (Å²) in [5.74, 6) is 0.748. The van der Waals surface area contributed by atoms with E-state index >= 15 is 0 Å². The van der Waals surface area contributed by atoms with Crippen LogP contribution in [0.3, 0.4) is 0 Å². The number of rotatable bonds is 3. The predicted octanol–water partition coefficient (Wildman–Crippen LogP) is 3.80. The third-order valence-corrected chi connectivity index (χ3v) is 4.71. The summed E-state index contributed by atoms with van der Waals surface area (Å²) in [6.07, 6.45) is 3.40. The van der Waals surface area contributed by atoms with Crippen LogP contribution in [0.4, 0.5) is 0 Å². The average molecular weight is 259 g/mol. The van der Waals surface area contributed by atoms with Crippen LogP contribution in [0.1, 0.15) is 53.1 Å². The molecule has 3 heteroatoms. The van der Waals surface area contributed by atoms with Crippen LogP contribution in [0.2, 0.25) is 0 Å². The van der Waals surface area contributed by atoms with Crippen molar-refractivity contribution >= 4 is 11.3 Å². The van der Waals surface area contributed by atoms with Crippen molar-refractivity contribution in [1.29, 1.82) is 0 Å². The van der Waals surface area contributed by atoms with Crippen molar-refractivity contribution in [2.75, 3.05) is 0 Å². The Bertz CT molecular complexity index is 528. The van der Waals surface area contributed by atoms with Gasteiger partial charge in [0.1, 0.15) is 11.1 Å². The maximum atomic E-state index is 10.3. The smallest absolute Gasteiger partial charge is 0.131 e. The van der Waals surface area contributed by atoms with Crippen molar-refractivity contribution < 1.29 is 5.11 Å². The molecule has 1 aromatic carbocycles. The third-order valence-electron chi connectivity index (χ3n) is 3.70. The summed E-state index contributed by atoms with van der Waals surface area (Å²) in [7, 11) is 0. The lowest BCUT2D eigenvalue weighted by Crippen LogP contribution is -2.08. The van der Waals surface area contributed by atoms with Crippen molar-refractivity contribution in [1.82, 2.24) is 4.98 Å². The highest BCUT2D eigenvalue weighted by atomic mass is 32.1. The zero-order valence-corrected chi connectivity index (χ0v) is 11.3. The van der Waals surface area contributed by atoms with Crippen LogP contribution >= 0.6 is 11.3 Å². The zero-order chi connectivity index (χ0) is 12.5. The molecule has 0 spiro atoms. The molecule has 1 atom stereocenters. The fourth-order valence-corrected chi connectivity index (χ4v) is 3.14. The lowest BCUT2D eigenvalue weighted by molar-refractivity contribution is 0.219. The molecule has 1 aliphatic rings. The molecule has 1 unspecified atom stereocenters. The first kappa shape index (κ1) is 11.9. The van der Waals surface area contributed by atoms with Gasteiger partial charge in [0.15, 0.2) is 0 Å². The lowest BCUT2D eigenvalue weighted by Gasteiger charge is -2.26. The molecule has 0 aliphatic heterocycles. The number of benzene rings is 1. The summed E-state index contributed by atoms with van der Waals surface area (Å²) in [5, 5.41) is 13.0. The Labute approximate surface area is 111 Å². The Morgan fingerprint density at radius 1 is 1.28 bits per heavy atom. The van der Waals surface area contributed by atoms with Crippen LogP contribution in [0, 0.1) is 6.92 Å². The quantitative estimate of drug-likeness (QED) is 0.909. The highest BCUT2D eigenvalue weighted by Crippen LogP contribution is 2.36. The predicted molar refractivity (Wildman–Crippen MR) is 73.9 cm³/mol. The molecule has 1 aromatic heterocycles. The van der Waals surface area contributed by atoms with Crippen LogP contribution in [0.5, 0.6) is 0 Å². The molecule has 2 nitrogen and oxygen atoms in total. The maximum absolute atomic E-state index is 10.3. The van der Waals surface area contributed by atoms with Gasteiger partial charge in [0, 0.05) is 11.1 Å². The Hall–Kier alpha value is -1.19.